The molecule has 1 aliphatic rings. The molecule has 3 heteroatoms. The van der Waals surface area contributed by atoms with Crippen LogP contribution >= 0.6 is 0 Å². The van der Waals surface area contributed by atoms with Crippen LogP contribution in [0.25, 0.3) is 0 Å². The van der Waals surface area contributed by atoms with Gasteiger partial charge in [0.25, 0.3) is 0 Å². The zero-order valence-electron chi connectivity index (χ0n) is 11.3. The van der Waals surface area contributed by atoms with Gasteiger partial charge in [0.15, 0.2) is 0 Å². The molecule has 0 fully saturated rings. The lowest BCUT2D eigenvalue weighted by Gasteiger charge is -2.14. The molecule has 19 heavy (non-hydrogen) atoms. The Balaban J connectivity index is 2.27. The molecule has 0 aromatic heterocycles. The highest BCUT2D eigenvalue weighted by Gasteiger charge is 2.24. The number of methoxy groups -OCH3 is 1. The summed E-state index contributed by atoms with van der Waals surface area (Å²) in [5.74, 6) is 0.0237. The molecule has 1 aliphatic carbocycles. The van der Waals surface area contributed by atoms with E-state index in [1.807, 2.05) is 30.3 Å². The summed E-state index contributed by atoms with van der Waals surface area (Å²) in [6.45, 7) is 3.39. The van der Waals surface area contributed by atoms with Crippen molar-refractivity contribution in [1.82, 2.24) is 0 Å². The molecule has 3 nitrogen and oxygen atoms in total. The summed E-state index contributed by atoms with van der Waals surface area (Å²) in [6.07, 6.45) is 2.45. The van der Waals surface area contributed by atoms with E-state index in [1.165, 1.54) is 0 Å². The predicted octanol–water partition coefficient (Wildman–Crippen LogP) is 2.65. The first-order valence-electron chi connectivity index (χ1n) is 6.13. The fourth-order valence-corrected chi connectivity index (χ4v) is 2.08. The summed E-state index contributed by atoms with van der Waals surface area (Å²) < 4.78 is 5.11. The molecule has 0 N–H and O–H groups in total. The minimum absolute atomic E-state index is 0.386. The van der Waals surface area contributed by atoms with Crippen LogP contribution in [0.5, 0.6) is 5.75 Å². The number of rotatable bonds is 3. The van der Waals surface area contributed by atoms with Crippen LogP contribution in [-0.4, -0.2) is 18.7 Å². The third-order valence-corrected chi connectivity index (χ3v) is 3.33. The van der Waals surface area contributed by atoms with Crippen molar-refractivity contribution in [2.24, 2.45) is 0 Å². The number of Topliss-reactive ketones (excluding diaryl/α,β-unsaturated/α-hetero) is 2. The topological polar surface area (TPSA) is 43.4 Å². The molecule has 1 aromatic carbocycles. The van der Waals surface area contributed by atoms with Gasteiger partial charge >= 0.3 is 0 Å². The Morgan fingerprint density at radius 2 is 1.63 bits per heavy atom. The number of carbonyl (C=O) groups excluding carboxylic acids is 2. The van der Waals surface area contributed by atoms with Crippen LogP contribution in [0.15, 0.2) is 47.1 Å². The van der Waals surface area contributed by atoms with Gasteiger partial charge < -0.3 is 4.74 Å². The van der Waals surface area contributed by atoms with Crippen molar-refractivity contribution < 1.29 is 14.3 Å². The van der Waals surface area contributed by atoms with Crippen molar-refractivity contribution >= 4 is 11.6 Å². The number of benzene rings is 1. The van der Waals surface area contributed by atoms with E-state index in [4.69, 9.17) is 4.74 Å². The lowest BCUT2D eigenvalue weighted by Crippen LogP contribution is -2.21. The van der Waals surface area contributed by atoms with E-state index in [1.54, 1.807) is 21.0 Å². The fraction of sp³-hybridized carbons (Fsp3) is 0.250. The quantitative estimate of drug-likeness (QED) is 0.617. The third-order valence-electron chi connectivity index (χ3n) is 3.33. The standard InChI is InChI=1S/C16H16O3/c1-10-8-13(11(2)16(18)15(10)17)9-12-4-6-14(19-3)7-5-12/h4-8H,9H2,1-3H3. The Labute approximate surface area is 112 Å². The summed E-state index contributed by atoms with van der Waals surface area (Å²) in [4.78, 5) is 23.3. The average Bonchev–Trinajstić information content (AvgIpc) is 2.43. The number of allylic oxidation sites excluding steroid dienone is 4. The number of ether oxygens (including phenoxy) is 1. The van der Waals surface area contributed by atoms with Gasteiger partial charge in [0, 0.05) is 11.1 Å². The van der Waals surface area contributed by atoms with Gasteiger partial charge in [-0.05, 0) is 43.5 Å². The lowest BCUT2D eigenvalue weighted by atomic mass is 9.88. The smallest absolute Gasteiger partial charge is 0.229 e. The van der Waals surface area contributed by atoms with E-state index in [2.05, 4.69) is 0 Å². The first-order chi connectivity index (χ1) is 9.02. The summed E-state index contributed by atoms with van der Waals surface area (Å²) in [6, 6.07) is 7.70. The van der Waals surface area contributed by atoms with Crippen molar-refractivity contribution in [3.63, 3.8) is 0 Å². The van der Waals surface area contributed by atoms with Crippen LogP contribution in [-0.2, 0) is 16.0 Å². The van der Waals surface area contributed by atoms with Crippen molar-refractivity contribution in [3.8, 4) is 5.75 Å². The van der Waals surface area contributed by atoms with Crippen molar-refractivity contribution in [1.29, 1.82) is 0 Å². The second-order valence-corrected chi connectivity index (χ2v) is 4.66. The molecule has 0 unspecified atom stereocenters. The van der Waals surface area contributed by atoms with Crippen LogP contribution in [0, 0.1) is 0 Å². The molecular weight excluding hydrogens is 240 g/mol. The molecule has 0 heterocycles. The summed E-state index contributed by atoms with van der Waals surface area (Å²) in [7, 11) is 1.62. The second kappa shape index (κ2) is 5.22. The van der Waals surface area contributed by atoms with E-state index < -0.39 is 5.78 Å². The summed E-state index contributed by atoms with van der Waals surface area (Å²) in [5, 5.41) is 0. The molecule has 0 amide bonds. The van der Waals surface area contributed by atoms with Gasteiger partial charge in [-0.25, -0.2) is 0 Å². The summed E-state index contributed by atoms with van der Waals surface area (Å²) in [5.41, 5.74) is 3.05. The van der Waals surface area contributed by atoms with E-state index in [0.717, 1.165) is 16.9 Å². The van der Waals surface area contributed by atoms with Crippen molar-refractivity contribution in [2.75, 3.05) is 7.11 Å². The molecule has 0 radical (unpaired) electrons. The first-order valence-corrected chi connectivity index (χ1v) is 6.13. The maximum Gasteiger partial charge on any atom is 0.229 e. The number of hydrogen-bond acceptors (Lipinski definition) is 3. The SMILES string of the molecule is COc1ccc(CC2=C(C)C(=O)C(=O)C(C)=C2)cc1. The van der Waals surface area contributed by atoms with Gasteiger partial charge in [-0.3, -0.25) is 9.59 Å². The van der Waals surface area contributed by atoms with Crippen LogP contribution in [0.1, 0.15) is 19.4 Å². The molecular formula is C16H16O3. The van der Waals surface area contributed by atoms with Gasteiger partial charge in [0.1, 0.15) is 5.75 Å². The molecule has 1 aromatic rings. The fourth-order valence-electron chi connectivity index (χ4n) is 2.08. The van der Waals surface area contributed by atoms with E-state index in [-0.39, 0.29) is 5.78 Å². The third kappa shape index (κ3) is 2.65. The molecule has 2 rings (SSSR count). The first kappa shape index (κ1) is 13.3. The molecule has 98 valence electrons. The second-order valence-electron chi connectivity index (χ2n) is 4.66. The number of carbonyl (C=O) groups is 2. The lowest BCUT2D eigenvalue weighted by molar-refractivity contribution is -0.132. The normalized spacial score (nSPS) is 15.6. The Hall–Kier alpha value is -2.16. The maximum absolute atomic E-state index is 11.8. The maximum atomic E-state index is 11.8. The molecule has 0 saturated heterocycles. The Kier molecular flexibility index (Phi) is 3.65. The predicted molar refractivity (Wildman–Crippen MR) is 73.2 cm³/mol. The highest BCUT2D eigenvalue weighted by molar-refractivity contribution is 6.49. The molecule has 0 spiro atoms. The zero-order valence-corrected chi connectivity index (χ0v) is 11.3. The van der Waals surface area contributed by atoms with Crippen LogP contribution in [0.4, 0.5) is 0 Å². The van der Waals surface area contributed by atoms with Gasteiger partial charge in [-0.15, -0.1) is 0 Å². The Morgan fingerprint density at radius 3 is 2.21 bits per heavy atom. The monoisotopic (exact) mass is 256 g/mol. The molecule has 0 saturated carbocycles. The van der Waals surface area contributed by atoms with Gasteiger partial charge in [0.05, 0.1) is 7.11 Å². The van der Waals surface area contributed by atoms with Gasteiger partial charge in [-0.2, -0.15) is 0 Å². The molecule has 0 aliphatic heterocycles. The van der Waals surface area contributed by atoms with Gasteiger partial charge in [-0.1, -0.05) is 18.2 Å². The van der Waals surface area contributed by atoms with E-state index in [0.29, 0.717) is 17.6 Å². The highest BCUT2D eigenvalue weighted by Crippen LogP contribution is 2.23. The highest BCUT2D eigenvalue weighted by atomic mass is 16.5. The van der Waals surface area contributed by atoms with E-state index in [9.17, 15) is 9.59 Å². The Bertz CT molecular complexity index is 585. The largest absolute Gasteiger partial charge is 0.497 e. The van der Waals surface area contributed by atoms with Gasteiger partial charge in [0.2, 0.25) is 11.6 Å². The minimum Gasteiger partial charge on any atom is -0.497 e. The molecule has 0 atom stereocenters. The van der Waals surface area contributed by atoms with Crippen LogP contribution in [0.3, 0.4) is 0 Å². The van der Waals surface area contributed by atoms with E-state index >= 15 is 0 Å². The van der Waals surface area contributed by atoms with Crippen LogP contribution < -0.4 is 4.74 Å². The number of ketones is 2. The minimum atomic E-state index is -0.393. The van der Waals surface area contributed by atoms with Crippen molar-refractivity contribution in [3.05, 3.63) is 52.6 Å². The zero-order chi connectivity index (χ0) is 14.0. The Morgan fingerprint density at radius 1 is 1.00 bits per heavy atom. The summed E-state index contributed by atoms with van der Waals surface area (Å²) >= 11 is 0. The molecule has 0 bridgehead atoms. The number of hydrogen-bond donors (Lipinski definition) is 0. The van der Waals surface area contributed by atoms with Crippen molar-refractivity contribution in [2.45, 2.75) is 20.3 Å². The average molecular weight is 256 g/mol. The van der Waals surface area contributed by atoms with Crippen LogP contribution in [0.2, 0.25) is 0 Å².